The molecule has 0 amide bonds. The number of hydrogen-bond donors (Lipinski definition) is 1. The van der Waals surface area contributed by atoms with Gasteiger partial charge in [0.15, 0.2) is 0 Å². The number of nitrogens with one attached hydrogen (secondary N) is 1. The van der Waals surface area contributed by atoms with E-state index in [1.54, 1.807) is 0 Å². The van der Waals surface area contributed by atoms with E-state index in [1.165, 1.54) is 27.7 Å². The van der Waals surface area contributed by atoms with E-state index in [0.717, 1.165) is 24.8 Å². The van der Waals surface area contributed by atoms with Crippen LogP contribution in [0.1, 0.15) is 49.6 Å². The van der Waals surface area contributed by atoms with Crippen molar-refractivity contribution in [3.63, 3.8) is 0 Å². The van der Waals surface area contributed by atoms with Crippen LogP contribution in [0.4, 0.5) is 0 Å². The van der Waals surface area contributed by atoms with Gasteiger partial charge in [0.2, 0.25) is 0 Å². The molecular weight excluding hydrogens is 334 g/mol. The summed E-state index contributed by atoms with van der Waals surface area (Å²) in [6.07, 6.45) is 2.51. The second-order valence-corrected chi connectivity index (χ2v) is 8.63. The van der Waals surface area contributed by atoms with Gasteiger partial charge in [-0.05, 0) is 53.5 Å². The zero-order chi connectivity index (χ0) is 19.0. The lowest BCUT2D eigenvalue weighted by Gasteiger charge is -2.22. The number of carbonyl (C=O) groups excluding carboxylic acids is 1. The smallest absolute Gasteiger partial charge is 0.309 e. The molecule has 1 heterocycles. The molecule has 3 heteroatoms. The Kier molecular flexibility index (Phi) is 4.55. The van der Waals surface area contributed by atoms with Crippen molar-refractivity contribution >= 4 is 16.9 Å². The standard InChI is InChI=1S/C24H27NO2/c1-24(2,3)18-10-12-22-20(14-18)19-13-17(9-11-21(19)25-22)23(26)27-15-16-7-5-4-6-8-16/h4-8,10,12,14,17,25H,9,11,13,15H2,1-3H3. The third-order valence-corrected chi connectivity index (χ3v) is 5.61. The number of rotatable bonds is 3. The van der Waals surface area contributed by atoms with Crippen LogP contribution < -0.4 is 0 Å². The predicted octanol–water partition coefficient (Wildman–Crippen LogP) is 5.31. The highest BCUT2D eigenvalue weighted by Crippen LogP contribution is 2.35. The van der Waals surface area contributed by atoms with Crippen molar-refractivity contribution in [1.29, 1.82) is 0 Å². The highest BCUT2D eigenvalue weighted by atomic mass is 16.5. The number of aromatic nitrogens is 1. The van der Waals surface area contributed by atoms with Crippen LogP contribution in [-0.2, 0) is 34.4 Å². The van der Waals surface area contributed by atoms with Crippen molar-refractivity contribution < 1.29 is 9.53 Å². The van der Waals surface area contributed by atoms with Gasteiger partial charge in [0.25, 0.3) is 0 Å². The number of benzene rings is 2. The van der Waals surface area contributed by atoms with Crippen LogP contribution in [0.3, 0.4) is 0 Å². The van der Waals surface area contributed by atoms with E-state index in [0.29, 0.717) is 6.61 Å². The van der Waals surface area contributed by atoms with Gasteiger partial charge in [0, 0.05) is 16.6 Å². The molecule has 0 radical (unpaired) electrons. The van der Waals surface area contributed by atoms with Crippen LogP contribution in [0.25, 0.3) is 10.9 Å². The first-order valence-electron chi connectivity index (χ1n) is 9.76. The van der Waals surface area contributed by atoms with E-state index >= 15 is 0 Å². The quantitative estimate of drug-likeness (QED) is 0.642. The fourth-order valence-corrected chi connectivity index (χ4v) is 3.93. The fraction of sp³-hybridized carbons (Fsp3) is 0.375. The molecule has 1 aliphatic rings. The highest BCUT2D eigenvalue weighted by Gasteiger charge is 2.29. The maximum Gasteiger partial charge on any atom is 0.309 e. The van der Waals surface area contributed by atoms with E-state index in [1.807, 2.05) is 30.3 Å². The Labute approximate surface area is 160 Å². The van der Waals surface area contributed by atoms with Gasteiger partial charge in [-0.2, -0.15) is 0 Å². The molecule has 140 valence electrons. The summed E-state index contributed by atoms with van der Waals surface area (Å²) in [4.78, 5) is 16.2. The molecule has 0 saturated carbocycles. The van der Waals surface area contributed by atoms with Crippen LogP contribution in [0, 0.1) is 5.92 Å². The zero-order valence-corrected chi connectivity index (χ0v) is 16.3. The van der Waals surface area contributed by atoms with Crippen molar-refractivity contribution in [2.45, 2.75) is 52.1 Å². The van der Waals surface area contributed by atoms with E-state index in [9.17, 15) is 4.79 Å². The fourth-order valence-electron chi connectivity index (χ4n) is 3.93. The van der Waals surface area contributed by atoms with E-state index in [-0.39, 0.29) is 17.3 Å². The number of hydrogen-bond acceptors (Lipinski definition) is 2. The van der Waals surface area contributed by atoms with Gasteiger partial charge in [-0.1, -0.05) is 57.2 Å². The lowest BCUT2D eigenvalue weighted by Crippen LogP contribution is -2.24. The van der Waals surface area contributed by atoms with E-state index in [4.69, 9.17) is 4.74 Å². The molecule has 1 atom stereocenters. The van der Waals surface area contributed by atoms with Gasteiger partial charge in [-0.3, -0.25) is 4.79 Å². The lowest BCUT2D eigenvalue weighted by molar-refractivity contribution is -0.150. The Morgan fingerprint density at radius 3 is 2.67 bits per heavy atom. The molecular formula is C24H27NO2. The molecule has 2 aromatic carbocycles. The van der Waals surface area contributed by atoms with Gasteiger partial charge < -0.3 is 9.72 Å². The number of aromatic amines is 1. The summed E-state index contributed by atoms with van der Waals surface area (Å²) in [7, 11) is 0. The summed E-state index contributed by atoms with van der Waals surface area (Å²) < 4.78 is 5.60. The maximum atomic E-state index is 12.6. The molecule has 3 nitrogen and oxygen atoms in total. The Balaban J connectivity index is 1.54. The summed E-state index contributed by atoms with van der Waals surface area (Å²) >= 11 is 0. The Hall–Kier alpha value is -2.55. The van der Waals surface area contributed by atoms with Crippen LogP contribution in [-0.4, -0.2) is 11.0 Å². The molecule has 1 aromatic heterocycles. The summed E-state index contributed by atoms with van der Waals surface area (Å²) in [5.41, 5.74) is 6.22. The Morgan fingerprint density at radius 1 is 1.15 bits per heavy atom. The van der Waals surface area contributed by atoms with Crippen LogP contribution >= 0.6 is 0 Å². The van der Waals surface area contributed by atoms with Gasteiger partial charge in [-0.25, -0.2) is 0 Å². The number of fused-ring (bicyclic) bond motifs is 3. The summed E-state index contributed by atoms with van der Waals surface area (Å²) in [6.45, 7) is 7.05. The normalized spacial score (nSPS) is 16.9. The minimum atomic E-state index is -0.0779. The molecule has 0 bridgehead atoms. The summed E-state index contributed by atoms with van der Waals surface area (Å²) in [5.74, 6) is -0.135. The average molecular weight is 361 g/mol. The SMILES string of the molecule is CC(C)(C)c1ccc2[nH]c3c(c2c1)CC(C(=O)OCc1ccccc1)CC3. The number of aryl methyl sites for hydroxylation is 1. The Bertz CT molecular complexity index is 963. The number of ether oxygens (including phenoxy) is 1. The van der Waals surface area contributed by atoms with E-state index in [2.05, 4.69) is 44.0 Å². The topological polar surface area (TPSA) is 42.1 Å². The zero-order valence-electron chi connectivity index (χ0n) is 16.3. The maximum absolute atomic E-state index is 12.6. The summed E-state index contributed by atoms with van der Waals surface area (Å²) in [5, 5.41) is 1.26. The second-order valence-electron chi connectivity index (χ2n) is 8.63. The minimum Gasteiger partial charge on any atom is -0.461 e. The van der Waals surface area contributed by atoms with Crippen molar-refractivity contribution in [1.82, 2.24) is 4.98 Å². The number of carbonyl (C=O) groups is 1. The lowest BCUT2D eigenvalue weighted by atomic mass is 9.83. The van der Waals surface area contributed by atoms with Gasteiger partial charge in [0.05, 0.1) is 5.92 Å². The monoisotopic (exact) mass is 361 g/mol. The first kappa shape index (κ1) is 17.8. The minimum absolute atomic E-state index is 0.0569. The van der Waals surface area contributed by atoms with Gasteiger partial charge >= 0.3 is 5.97 Å². The van der Waals surface area contributed by atoms with Crippen molar-refractivity contribution in [2.24, 2.45) is 5.92 Å². The van der Waals surface area contributed by atoms with Crippen molar-refractivity contribution in [3.8, 4) is 0 Å². The predicted molar refractivity (Wildman–Crippen MR) is 109 cm³/mol. The largest absolute Gasteiger partial charge is 0.461 e. The first-order chi connectivity index (χ1) is 12.9. The van der Waals surface area contributed by atoms with Crippen LogP contribution in [0.15, 0.2) is 48.5 Å². The third kappa shape index (κ3) is 3.64. The third-order valence-electron chi connectivity index (χ3n) is 5.61. The molecule has 1 unspecified atom stereocenters. The first-order valence-corrected chi connectivity index (χ1v) is 9.76. The van der Waals surface area contributed by atoms with Crippen molar-refractivity contribution in [3.05, 3.63) is 70.9 Å². The molecule has 4 rings (SSSR count). The molecule has 27 heavy (non-hydrogen) atoms. The molecule has 0 spiro atoms. The highest BCUT2D eigenvalue weighted by molar-refractivity contribution is 5.87. The van der Waals surface area contributed by atoms with Crippen molar-refractivity contribution in [2.75, 3.05) is 0 Å². The molecule has 1 aliphatic carbocycles. The Morgan fingerprint density at radius 2 is 1.93 bits per heavy atom. The molecule has 3 aromatic rings. The molecule has 1 N–H and O–H groups in total. The number of H-pyrrole nitrogens is 1. The average Bonchev–Trinajstić information content (AvgIpc) is 3.03. The van der Waals surface area contributed by atoms with Crippen LogP contribution in [0.2, 0.25) is 0 Å². The molecule has 0 saturated heterocycles. The van der Waals surface area contributed by atoms with Gasteiger partial charge in [0.1, 0.15) is 6.61 Å². The number of esters is 1. The second kappa shape index (κ2) is 6.88. The summed E-state index contributed by atoms with van der Waals surface area (Å²) in [6, 6.07) is 16.6. The van der Waals surface area contributed by atoms with Crippen LogP contribution in [0.5, 0.6) is 0 Å². The molecule has 0 fully saturated rings. The van der Waals surface area contributed by atoms with Gasteiger partial charge in [-0.15, -0.1) is 0 Å². The molecule has 0 aliphatic heterocycles. The van der Waals surface area contributed by atoms with E-state index < -0.39 is 0 Å².